The molecule has 0 aliphatic carbocycles. The van der Waals surface area contributed by atoms with E-state index in [4.69, 9.17) is 9.47 Å². The molecule has 1 atom stereocenters. The van der Waals surface area contributed by atoms with Crippen molar-refractivity contribution in [2.45, 2.75) is 25.9 Å². The summed E-state index contributed by atoms with van der Waals surface area (Å²) in [5.74, 6) is -0.951. The number of thiophene rings is 1. The van der Waals surface area contributed by atoms with Crippen molar-refractivity contribution in [3.63, 3.8) is 0 Å². The second-order valence-corrected chi connectivity index (χ2v) is 6.11. The van der Waals surface area contributed by atoms with Crippen molar-refractivity contribution in [2.75, 3.05) is 20.3 Å². The number of carbonyl (C=O) groups excluding carboxylic acids is 2. The zero-order chi connectivity index (χ0) is 17.5. The van der Waals surface area contributed by atoms with Gasteiger partial charge in [0.05, 0.1) is 24.7 Å². The summed E-state index contributed by atoms with van der Waals surface area (Å²) in [7, 11) is 1.53. The van der Waals surface area contributed by atoms with Crippen LogP contribution in [0.25, 0.3) is 10.2 Å². The molecule has 1 unspecified atom stereocenters. The van der Waals surface area contributed by atoms with E-state index in [-0.39, 0.29) is 31.2 Å². The van der Waals surface area contributed by atoms with Gasteiger partial charge in [-0.15, -0.1) is 11.3 Å². The number of hydrogen-bond donors (Lipinski definition) is 1. The summed E-state index contributed by atoms with van der Waals surface area (Å²) in [6.07, 6.45) is 1.39. The van der Waals surface area contributed by atoms with Crippen LogP contribution in [0, 0.1) is 0 Å². The first kappa shape index (κ1) is 18.1. The van der Waals surface area contributed by atoms with Crippen LogP contribution in [0.15, 0.2) is 22.6 Å². The van der Waals surface area contributed by atoms with Crippen LogP contribution in [0.5, 0.6) is 0 Å². The van der Waals surface area contributed by atoms with Crippen molar-refractivity contribution in [1.29, 1.82) is 0 Å². The lowest BCUT2D eigenvalue weighted by Gasteiger charge is -2.12. The van der Waals surface area contributed by atoms with Gasteiger partial charge in [-0.2, -0.15) is 0 Å². The molecule has 0 aliphatic heterocycles. The van der Waals surface area contributed by atoms with E-state index in [1.54, 1.807) is 18.4 Å². The molecular formula is C15H19N3O5S. The molecule has 0 radical (unpaired) electrons. The van der Waals surface area contributed by atoms with E-state index in [0.717, 1.165) is 0 Å². The number of carbonyl (C=O) groups is 2. The Labute approximate surface area is 142 Å². The third-order valence-electron chi connectivity index (χ3n) is 3.20. The third-order valence-corrected chi connectivity index (χ3v) is 4.02. The number of nitrogens with zero attached hydrogens (tertiary/aromatic N) is 2. The fourth-order valence-electron chi connectivity index (χ4n) is 2.09. The largest absolute Gasteiger partial charge is 0.456 e. The monoisotopic (exact) mass is 353 g/mol. The first-order valence-corrected chi connectivity index (χ1v) is 8.25. The normalized spacial score (nSPS) is 12.1. The van der Waals surface area contributed by atoms with Crippen molar-refractivity contribution in [3.05, 3.63) is 28.1 Å². The predicted molar refractivity (Wildman–Crippen MR) is 88.9 cm³/mol. The minimum Gasteiger partial charge on any atom is -0.456 e. The molecule has 1 amide bonds. The molecule has 0 fully saturated rings. The van der Waals surface area contributed by atoms with Gasteiger partial charge >= 0.3 is 5.97 Å². The van der Waals surface area contributed by atoms with Crippen LogP contribution in [0.4, 0.5) is 0 Å². The second-order valence-electron chi connectivity index (χ2n) is 5.22. The minimum absolute atomic E-state index is 0.0157. The van der Waals surface area contributed by atoms with Gasteiger partial charge in [0.25, 0.3) is 11.5 Å². The van der Waals surface area contributed by atoms with Crippen LogP contribution in [0.2, 0.25) is 0 Å². The van der Waals surface area contributed by atoms with Gasteiger partial charge in [-0.25, -0.2) is 4.98 Å². The van der Waals surface area contributed by atoms with Gasteiger partial charge in [0.1, 0.15) is 4.83 Å². The number of aryl methyl sites for hydroxylation is 1. The molecule has 24 heavy (non-hydrogen) atoms. The quantitative estimate of drug-likeness (QED) is 0.696. The number of amides is 1. The van der Waals surface area contributed by atoms with Crippen molar-refractivity contribution in [3.8, 4) is 0 Å². The van der Waals surface area contributed by atoms with Crippen molar-refractivity contribution in [2.24, 2.45) is 0 Å². The lowest BCUT2D eigenvalue weighted by molar-refractivity contribution is -0.149. The molecule has 8 nitrogen and oxygen atoms in total. The number of methoxy groups -OCH3 is 1. The highest BCUT2D eigenvalue weighted by Crippen LogP contribution is 2.13. The number of esters is 1. The minimum atomic E-state index is -0.554. The Morgan fingerprint density at radius 3 is 3.00 bits per heavy atom. The molecule has 1 N–H and O–H groups in total. The summed E-state index contributed by atoms with van der Waals surface area (Å²) >= 11 is 1.38. The SMILES string of the molecule is COCC(C)NC(=O)COC(=O)CCn1cnc2sccc2c1=O. The molecule has 0 saturated heterocycles. The van der Waals surface area contributed by atoms with Gasteiger partial charge in [0.15, 0.2) is 6.61 Å². The maximum absolute atomic E-state index is 12.2. The zero-order valence-corrected chi connectivity index (χ0v) is 14.3. The highest BCUT2D eigenvalue weighted by Gasteiger charge is 2.11. The number of fused-ring (bicyclic) bond motifs is 1. The first-order valence-electron chi connectivity index (χ1n) is 7.38. The average molecular weight is 353 g/mol. The number of aromatic nitrogens is 2. The summed E-state index contributed by atoms with van der Waals surface area (Å²) < 4.78 is 11.1. The summed E-state index contributed by atoms with van der Waals surface area (Å²) in [4.78, 5) is 40.2. The predicted octanol–water partition coefficient (Wildman–Crippen LogP) is 0.542. The molecule has 0 aliphatic rings. The van der Waals surface area contributed by atoms with Crippen LogP contribution in [-0.4, -0.2) is 47.8 Å². The van der Waals surface area contributed by atoms with E-state index >= 15 is 0 Å². The highest BCUT2D eigenvalue weighted by atomic mass is 32.1. The van der Waals surface area contributed by atoms with E-state index in [2.05, 4.69) is 10.3 Å². The molecule has 2 aromatic rings. The van der Waals surface area contributed by atoms with Gasteiger partial charge in [0, 0.05) is 19.7 Å². The topological polar surface area (TPSA) is 99.5 Å². The standard InChI is InChI=1S/C15H19N3O5S/c1-10(7-22-2)17-12(19)8-23-13(20)3-5-18-9-16-14-11(15(18)21)4-6-24-14/h4,6,9-10H,3,5,7-8H2,1-2H3,(H,17,19). The highest BCUT2D eigenvalue weighted by molar-refractivity contribution is 7.16. The first-order chi connectivity index (χ1) is 11.5. The van der Waals surface area contributed by atoms with Crippen molar-refractivity contribution < 1.29 is 19.1 Å². The van der Waals surface area contributed by atoms with Gasteiger partial charge < -0.3 is 14.8 Å². The Morgan fingerprint density at radius 2 is 2.25 bits per heavy atom. The number of nitrogens with one attached hydrogen (secondary N) is 1. The maximum Gasteiger partial charge on any atom is 0.308 e. The van der Waals surface area contributed by atoms with Crippen LogP contribution >= 0.6 is 11.3 Å². The van der Waals surface area contributed by atoms with Gasteiger partial charge in [-0.05, 0) is 18.4 Å². The van der Waals surface area contributed by atoms with E-state index < -0.39 is 11.9 Å². The summed E-state index contributed by atoms with van der Waals surface area (Å²) in [5.41, 5.74) is -0.194. The Morgan fingerprint density at radius 1 is 1.46 bits per heavy atom. The molecule has 9 heteroatoms. The smallest absolute Gasteiger partial charge is 0.308 e. The molecular weight excluding hydrogens is 334 g/mol. The fraction of sp³-hybridized carbons (Fsp3) is 0.467. The van der Waals surface area contributed by atoms with Gasteiger partial charge in [0.2, 0.25) is 0 Å². The lowest BCUT2D eigenvalue weighted by Crippen LogP contribution is -2.38. The van der Waals surface area contributed by atoms with Crippen LogP contribution in [-0.2, 0) is 25.6 Å². The molecule has 0 spiro atoms. The summed E-state index contributed by atoms with van der Waals surface area (Å²) in [6.45, 7) is 1.95. The molecule has 2 aromatic heterocycles. The molecule has 0 aromatic carbocycles. The fourth-order valence-corrected chi connectivity index (χ4v) is 2.81. The lowest BCUT2D eigenvalue weighted by atomic mass is 10.3. The second kappa shape index (κ2) is 8.55. The van der Waals surface area contributed by atoms with Crippen LogP contribution < -0.4 is 10.9 Å². The Balaban J connectivity index is 1.79. The van der Waals surface area contributed by atoms with E-state index in [0.29, 0.717) is 16.8 Å². The molecule has 0 bridgehead atoms. The maximum atomic E-state index is 12.2. The molecule has 2 rings (SSSR count). The van der Waals surface area contributed by atoms with E-state index in [1.165, 1.54) is 29.3 Å². The Kier molecular flexibility index (Phi) is 6.44. The van der Waals surface area contributed by atoms with Crippen LogP contribution in [0.3, 0.4) is 0 Å². The molecule has 0 saturated carbocycles. The number of ether oxygens (including phenoxy) is 2. The molecule has 2 heterocycles. The van der Waals surface area contributed by atoms with E-state index in [9.17, 15) is 14.4 Å². The van der Waals surface area contributed by atoms with Crippen LogP contribution in [0.1, 0.15) is 13.3 Å². The third kappa shape index (κ3) is 4.87. The summed E-state index contributed by atoms with van der Waals surface area (Å²) in [5, 5.41) is 4.95. The van der Waals surface area contributed by atoms with Gasteiger partial charge in [-0.1, -0.05) is 0 Å². The average Bonchev–Trinajstić information content (AvgIpc) is 3.02. The zero-order valence-electron chi connectivity index (χ0n) is 13.5. The van der Waals surface area contributed by atoms with Crippen molar-refractivity contribution in [1.82, 2.24) is 14.9 Å². The molecule has 130 valence electrons. The van der Waals surface area contributed by atoms with E-state index in [1.807, 2.05) is 0 Å². The number of rotatable bonds is 8. The Bertz CT molecular complexity index is 770. The summed E-state index contributed by atoms with van der Waals surface area (Å²) in [6, 6.07) is 1.54. The Hall–Kier alpha value is -2.26. The van der Waals surface area contributed by atoms with Crippen molar-refractivity contribution >= 4 is 33.4 Å². The van der Waals surface area contributed by atoms with Gasteiger partial charge in [-0.3, -0.25) is 19.0 Å². The number of hydrogen-bond acceptors (Lipinski definition) is 7.